The van der Waals surface area contributed by atoms with Gasteiger partial charge in [0.2, 0.25) is 0 Å². The Morgan fingerprint density at radius 3 is 2.06 bits per heavy atom. The Bertz CT molecular complexity index is 282. The van der Waals surface area contributed by atoms with Gasteiger partial charge in [-0.3, -0.25) is 9.32 Å². The molecule has 0 saturated heterocycles. The molecule has 12 heteroatoms. The Labute approximate surface area is 147 Å². The number of rotatable bonds is 7. The van der Waals surface area contributed by atoms with Crippen molar-refractivity contribution in [2.24, 2.45) is 0 Å². The van der Waals surface area contributed by atoms with Crippen LogP contribution in [0, 0.1) is 0 Å². The summed E-state index contributed by atoms with van der Waals surface area (Å²) in [4.78, 5) is 27.3. The largest absolute Gasteiger partial charge is 1.00 e. The second-order valence-corrected chi connectivity index (χ2v) is 4.10. The molecule has 4 N–H and O–H groups in total. The van der Waals surface area contributed by atoms with E-state index in [4.69, 9.17) is 20.0 Å². The number of hydrogen-bond acceptors (Lipinski definition) is 7. The fourth-order valence-electron chi connectivity index (χ4n) is 0.719. The molecule has 0 aromatic rings. The molecule has 3 atom stereocenters. The minimum absolute atomic E-state index is 0. The van der Waals surface area contributed by atoms with Crippen molar-refractivity contribution in [2.45, 2.75) is 18.3 Å². The smallest absolute Gasteiger partial charge is 0.851 e. The van der Waals surface area contributed by atoms with Gasteiger partial charge < -0.3 is 30.2 Å². The predicted molar refractivity (Wildman–Crippen MR) is 43.7 cm³/mol. The van der Waals surface area contributed by atoms with Crippen molar-refractivity contribution in [3.05, 3.63) is 0 Å². The molecule has 0 spiro atoms. The third kappa shape index (κ3) is 10.4. The molecule has 0 bridgehead atoms. The van der Waals surface area contributed by atoms with Gasteiger partial charge in [0.05, 0.1) is 12.7 Å². The van der Waals surface area contributed by atoms with Crippen LogP contribution in [0.25, 0.3) is 0 Å². The molecule has 0 radical (unpaired) electrons. The number of carbonyl (C=O) groups is 1. The number of carbonyl (C=O) groups excluding carboxylic acids is 1. The van der Waals surface area contributed by atoms with E-state index in [2.05, 4.69) is 4.52 Å². The Morgan fingerprint density at radius 1 is 1.28 bits per heavy atom. The zero-order valence-electron chi connectivity index (χ0n) is 9.92. The molecule has 0 fully saturated rings. The summed E-state index contributed by atoms with van der Waals surface area (Å²) >= 11 is 0. The molecule has 0 aliphatic carbocycles. The first-order chi connectivity index (χ1) is 7.19. The summed E-state index contributed by atoms with van der Waals surface area (Å²) in [5.74, 6) is -1.41. The maximum atomic E-state index is 11.0. The molecule has 0 aliphatic heterocycles. The third-order valence-electron chi connectivity index (χ3n) is 1.56. The van der Waals surface area contributed by atoms with Crippen LogP contribution in [-0.2, 0) is 13.9 Å². The number of ketones is 1. The van der Waals surface area contributed by atoms with Gasteiger partial charge in [0, 0.05) is 0 Å². The number of aliphatic hydroxyl groups is 2. The third-order valence-corrected chi connectivity index (χ3v) is 2.02. The molecular weight excluding hydrogens is 293 g/mol. The van der Waals surface area contributed by atoms with E-state index >= 15 is 0 Å². The van der Waals surface area contributed by atoms with Gasteiger partial charge >= 0.3 is 66.9 Å². The summed E-state index contributed by atoms with van der Waals surface area (Å²) in [5, 5.41) is 39.0. The second kappa shape index (κ2) is 11.3. The fraction of sp³-hybridized carbons (Fsp3) is 0.833. The van der Waals surface area contributed by atoms with Crippen molar-refractivity contribution in [1.82, 2.24) is 0 Å². The normalized spacial score (nSPS) is 15.9. The standard InChI is InChI=1S/C6H11O9P.2Na/c7-1-3(8)5(10)6(11)4(9)2-15-16(12,13)14;;/h3,5-8H,1-2H2,(H2,12,13,14);;/q-2;2*+1/t3-,5-,6-;;/m1../s1. The zero-order chi connectivity index (χ0) is 12.9. The van der Waals surface area contributed by atoms with Crippen LogP contribution in [0.5, 0.6) is 0 Å². The molecule has 0 aromatic heterocycles. The van der Waals surface area contributed by atoms with E-state index in [9.17, 15) is 19.6 Å². The minimum atomic E-state index is -4.89. The van der Waals surface area contributed by atoms with Crippen LogP contribution in [0.3, 0.4) is 0 Å². The second-order valence-electron chi connectivity index (χ2n) is 2.87. The summed E-state index contributed by atoms with van der Waals surface area (Å²) in [6.45, 7) is -2.21. The van der Waals surface area contributed by atoms with Crippen LogP contribution in [-0.4, -0.2) is 57.3 Å². The van der Waals surface area contributed by atoms with E-state index in [0.29, 0.717) is 0 Å². The molecule has 0 aliphatic rings. The van der Waals surface area contributed by atoms with Gasteiger partial charge in [-0.1, -0.05) is 6.10 Å². The predicted octanol–water partition coefficient (Wildman–Crippen LogP) is -10.5. The van der Waals surface area contributed by atoms with Gasteiger partial charge in [0.25, 0.3) is 0 Å². The summed E-state index contributed by atoms with van der Waals surface area (Å²) in [6.07, 6.45) is -6.70. The summed E-state index contributed by atoms with van der Waals surface area (Å²) in [7, 11) is -4.89. The molecule has 18 heavy (non-hydrogen) atoms. The number of phosphoric ester groups is 1. The number of hydrogen-bond donors (Lipinski definition) is 4. The fourth-order valence-corrected chi connectivity index (χ4v) is 1.01. The van der Waals surface area contributed by atoms with Crippen molar-refractivity contribution in [1.29, 1.82) is 0 Å². The monoisotopic (exact) mass is 304 g/mol. The van der Waals surface area contributed by atoms with E-state index in [-0.39, 0.29) is 59.1 Å². The molecule has 0 amide bonds. The topological polar surface area (TPSA) is 170 Å². The first kappa shape index (κ1) is 24.6. The maximum Gasteiger partial charge on any atom is 1.00 e. The van der Waals surface area contributed by atoms with Crippen LogP contribution in [0.15, 0.2) is 0 Å². The first-order valence-electron chi connectivity index (χ1n) is 4.02. The van der Waals surface area contributed by atoms with Crippen molar-refractivity contribution < 1.29 is 103 Å². The van der Waals surface area contributed by atoms with E-state index in [1.807, 2.05) is 0 Å². The van der Waals surface area contributed by atoms with E-state index in [1.54, 1.807) is 0 Å². The molecule has 0 unspecified atom stereocenters. The quantitative estimate of drug-likeness (QED) is 0.263. The average molecular weight is 304 g/mol. The van der Waals surface area contributed by atoms with Crippen molar-refractivity contribution >= 4 is 13.6 Å². The van der Waals surface area contributed by atoms with Crippen molar-refractivity contribution in [3.63, 3.8) is 0 Å². The zero-order valence-corrected chi connectivity index (χ0v) is 14.8. The Kier molecular flexibility index (Phi) is 15.5. The molecule has 0 rings (SSSR count). The van der Waals surface area contributed by atoms with Gasteiger partial charge in [-0.05, 0) is 0 Å². The Hall–Kier alpha value is 1.62. The summed E-state index contributed by atoms with van der Waals surface area (Å²) in [5.41, 5.74) is 0. The first-order valence-corrected chi connectivity index (χ1v) is 5.55. The van der Waals surface area contributed by atoms with Crippen LogP contribution in [0.4, 0.5) is 0 Å². The van der Waals surface area contributed by atoms with E-state index in [1.165, 1.54) is 0 Å². The van der Waals surface area contributed by atoms with Crippen LogP contribution < -0.4 is 69.3 Å². The average Bonchev–Trinajstić information content (AvgIpc) is 2.21. The SMILES string of the molecule is O=C(COP(=O)(O)O)[C@@H]([O-])[C@H]([O-])[C@H](O)CO.[Na+].[Na+]. The van der Waals surface area contributed by atoms with E-state index < -0.39 is 45.1 Å². The van der Waals surface area contributed by atoms with Gasteiger partial charge in [0.15, 0.2) is 0 Å². The van der Waals surface area contributed by atoms with Crippen molar-refractivity contribution in [2.75, 3.05) is 13.2 Å². The van der Waals surface area contributed by atoms with Crippen LogP contribution >= 0.6 is 7.82 Å². The molecule has 96 valence electrons. The molecule has 0 saturated carbocycles. The number of phosphoric acid groups is 1. The van der Waals surface area contributed by atoms with Gasteiger partial charge in [-0.25, -0.2) is 4.57 Å². The molecule has 9 nitrogen and oxygen atoms in total. The molecule has 0 aromatic carbocycles. The molecular formula is C6H11Na2O9P. The summed E-state index contributed by atoms with van der Waals surface area (Å²) < 4.78 is 13.9. The van der Waals surface area contributed by atoms with Gasteiger partial charge in [-0.15, -0.1) is 6.10 Å². The molecule has 0 heterocycles. The minimum Gasteiger partial charge on any atom is -0.851 e. The van der Waals surface area contributed by atoms with Gasteiger partial charge in [0.1, 0.15) is 12.4 Å². The Morgan fingerprint density at radius 2 is 1.72 bits per heavy atom. The summed E-state index contributed by atoms with van der Waals surface area (Å²) in [6, 6.07) is 0. The number of Topliss-reactive ketones (excluding diaryl/α,β-unsaturated/α-hetero) is 1. The Balaban J connectivity index is -0.00000112. The van der Waals surface area contributed by atoms with Crippen LogP contribution in [0.2, 0.25) is 0 Å². The van der Waals surface area contributed by atoms with Crippen molar-refractivity contribution in [3.8, 4) is 0 Å². The van der Waals surface area contributed by atoms with Gasteiger partial charge in [-0.2, -0.15) is 0 Å². The van der Waals surface area contributed by atoms with E-state index in [0.717, 1.165) is 0 Å². The maximum absolute atomic E-state index is 11.0. The van der Waals surface area contributed by atoms with Crippen LogP contribution in [0.1, 0.15) is 0 Å². The number of aliphatic hydroxyl groups excluding tert-OH is 2.